The molecule has 8 heteroatoms. The summed E-state index contributed by atoms with van der Waals surface area (Å²) < 4.78 is 8.49. The van der Waals surface area contributed by atoms with Crippen LogP contribution < -0.4 is 15.6 Å². The summed E-state index contributed by atoms with van der Waals surface area (Å²) >= 11 is 6.30. The van der Waals surface area contributed by atoms with Crippen molar-refractivity contribution >= 4 is 17.3 Å². The number of halogens is 1. The second kappa shape index (κ2) is 8.26. The number of aromatic nitrogens is 4. The molecule has 142 valence electrons. The lowest BCUT2D eigenvalue weighted by Gasteiger charge is -2.11. The number of nitrogens with zero attached hydrogens (tertiary/aromatic N) is 4. The number of nitrogens with one attached hydrogen (secondary N) is 1. The van der Waals surface area contributed by atoms with Gasteiger partial charge in [-0.05, 0) is 12.0 Å². The van der Waals surface area contributed by atoms with Crippen LogP contribution in [0.15, 0.2) is 41.3 Å². The van der Waals surface area contributed by atoms with Gasteiger partial charge < -0.3 is 10.1 Å². The van der Waals surface area contributed by atoms with Crippen molar-refractivity contribution in [1.82, 2.24) is 19.6 Å². The van der Waals surface area contributed by atoms with Gasteiger partial charge in [-0.1, -0.05) is 48.9 Å². The van der Waals surface area contributed by atoms with Crippen LogP contribution in [-0.2, 0) is 26.6 Å². The van der Waals surface area contributed by atoms with Crippen molar-refractivity contribution in [1.29, 1.82) is 0 Å². The van der Waals surface area contributed by atoms with Gasteiger partial charge in [0.15, 0.2) is 0 Å². The molecule has 0 aliphatic rings. The summed E-state index contributed by atoms with van der Waals surface area (Å²) in [5.41, 5.74) is 3.00. The molecule has 1 N–H and O–H groups in total. The van der Waals surface area contributed by atoms with Gasteiger partial charge in [0.2, 0.25) is 5.88 Å². The zero-order valence-electron chi connectivity index (χ0n) is 15.6. The zero-order chi connectivity index (χ0) is 19.4. The lowest BCUT2D eigenvalue weighted by atomic mass is 10.2. The quantitative estimate of drug-likeness (QED) is 0.674. The lowest BCUT2D eigenvalue weighted by Crippen LogP contribution is -2.24. The molecule has 0 bridgehead atoms. The Labute approximate surface area is 162 Å². The Bertz CT molecular complexity index is 982. The number of hydrogen-bond donors (Lipinski definition) is 1. The van der Waals surface area contributed by atoms with E-state index in [1.54, 1.807) is 18.0 Å². The molecule has 0 saturated carbocycles. The van der Waals surface area contributed by atoms with Gasteiger partial charge in [-0.15, -0.1) is 0 Å². The number of anilines is 1. The van der Waals surface area contributed by atoms with Crippen molar-refractivity contribution in [3.63, 3.8) is 0 Å². The number of hydrogen-bond acceptors (Lipinski definition) is 5. The number of aryl methyl sites for hydroxylation is 2. The van der Waals surface area contributed by atoms with Gasteiger partial charge >= 0.3 is 0 Å². The predicted molar refractivity (Wildman–Crippen MR) is 106 cm³/mol. The molecule has 27 heavy (non-hydrogen) atoms. The van der Waals surface area contributed by atoms with Gasteiger partial charge in [-0.25, -0.2) is 9.36 Å². The second-order valence-electron chi connectivity index (χ2n) is 6.09. The van der Waals surface area contributed by atoms with Gasteiger partial charge in [0.05, 0.1) is 36.8 Å². The summed E-state index contributed by atoms with van der Waals surface area (Å²) in [6.07, 6.45) is 2.35. The largest absolute Gasteiger partial charge is 0.481 e. The molecule has 0 atom stereocenters. The third-order valence-corrected chi connectivity index (χ3v) is 4.68. The minimum Gasteiger partial charge on any atom is -0.481 e. The van der Waals surface area contributed by atoms with Crippen LogP contribution in [0.5, 0.6) is 5.88 Å². The highest BCUT2D eigenvalue weighted by molar-refractivity contribution is 6.32. The highest BCUT2D eigenvalue weighted by atomic mass is 35.5. The van der Waals surface area contributed by atoms with Crippen molar-refractivity contribution in [2.24, 2.45) is 7.05 Å². The molecule has 0 amide bonds. The summed E-state index contributed by atoms with van der Waals surface area (Å²) in [7, 11) is 3.44. The van der Waals surface area contributed by atoms with Crippen LogP contribution in [0, 0.1) is 0 Å². The van der Waals surface area contributed by atoms with Crippen LogP contribution in [0.4, 0.5) is 5.69 Å². The smallest absolute Gasteiger partial charge is 0.287 e. The first-order valence-electron chi connectivity index (χ1n) is 8.67. The van der Waals surface area contributed by atoms with E-state index < -0.39 is 0 Å². The molecule has 0 radical (unpaired) electrons. The second-order valence-corrected chi connectivity index (χ2v) is 6.46. The number of ether oxygens (including phenoxy) is 1. The Morgan fingerprint density at radius 3 is 2.67 bits per heavy atom. The van der Waals surface area contributed by atoms with Crippen molar-refractivity contribution in [3.05, 3.63) is 68.7 Å². The Kier molecular flexibility index (Phi) is 5.81. The van der Waals surface area contributed by atoms with Gasteiger partial charge in [0, 0.05) is 13.6 Å². The van der Waals surface area contributed by atoms with Gasteiger partial charge in [-0.2, -0.15) is 10.2 Å². The van der Waals surface area contributed by atoms with Crippen LogP contribution in [0.3, 0.4) is 0 Å². The highest BCUT2D eigenvalue weighted by Crippen LogP contribution is 2.24. The van der Waals surface area contributed by atoms with Gasteiger partial charge in [0.1, 0.15) is 5.02 Å². The monoisotopic (exact) mass is 387 g/mol. The third-order valence-electron chi connectivity index (χ3n) is 4.32. The summed E-state index contributed by atoms with van der Waals surface area (Å²) in [4.78, 5) is 12.5. The van der Waals surface area contributed by atoms with Crippen LogP contribution in [0.25, 0.3) is 0 Å². The van der Waals surface area contributed by atoms with Crippen molar-refractivity contribution in [2.45, 2.75) is 26.4 Å². The number of methoxy groups -OCH3 is 1. The fraction of sp³-hybridized carbons (Fsp3) is 0.316. The Morgan fingerprint density at radius 2 is 2.00 bits per heavy atom. The van der Waals surface area contributed by atoms with E-state index in [0.29, 0.717) is 24.7 Å². The maximum absolute atomic E-state index is 12.5. The molecular formula is C19H22ClN5O2. The van der Waals surface area contributed by atoms with Crippen LogP contribution in [0.2, 0.25) is 5.02 Å². The van der Waals surface area contributed by atoms with E-state index in [1.165, 1.54) is 4.68 Å². The predicted octanol–water partition coefficient (Wildman–Crippen LogP) is 2.86. The minimum absolute atomic E-state index is 0.113. The molecule has 0 spiro atoms. The molecule has 0 aliphatic carbocycles. The normalized spacial score (nSPS) is 10.8. The number of benzene rings is 1. The molecule has 3 aromatic rings. The van der Waals surface area contributed by atoms with E-state index in [1.807, 2.05) is 44.3 Å². The lowest BCUT2D eigenvalue weighted by molar-refractivity contribution is 0.370. The highest BCUT2D eigenvalue weighted by Gasteiger charge is 2.17. The van der Waals surface area contributed by atoms with Crippen molar-refractivity contribution in [3.8, 4) is 5.88 Å². The van der Waals surface area contributed by atoms with Crippen LogP contribution >= 0.6 is 11.6 Å². The van der Waals surface area contributed by atoms with Gasteiger partial charge in [-0.3, -0.25) is 4.79 Å². The molecule has 0 saturated heterocycles. The molecule has 0 fully saturated rings. The van der Waals surface area contributed by atoms with Crippen LogP contribution in [-0.4, -0.2) is 26.7 Å². The van der Waals surface area contributed by atoms with Crippen molar-refractivity contribution < 1.29 is 4.74 Å². The van der Waals surface area contributed by atoms with Gasteiger partial charge in [0.25, 0.3) is 5.56 Å². The molecule has 0 unspecified atom stereocenters. The Morgan fingerprint density at radius 1 is 1.26 bits per heavy atom. The first kappa shape index (κ1) is 19.0. The molecule has 2 heterocycles. The first-order chi connectivity index (χ1) is 13.0. The molecule has 0 aliphatic heterocycles. The molecule has 1 aromatic carbocycles. The maximum atomic E-state index is 12.5. The molecular weight excluding hydrogens is 366 g/mol. The summed E-state index contributed by atoms with van der Waals surface area (Å²) in [6.45, 7) is 2.84. The minimum atomic E-state index is -0.334. The summed E-state index contributed by atoms with van der Waals surface area (Å²) in [5, 5.41) is 12.0. The standard InChI is InChI=1S/C19H22ClN5O2/c1-4-15-14(19(27-3)24(2)23-15)10-21-16-11-22-25(18(26)17(16)20)12-13-8-6-5-7-9-13/h5-9,11,21H,4,10,12H2,1-3H3. The van der Waals surface area contributed by atoms with Crippen LogP contribution in [0.1, 0.15) is 23.7 Å². The fourth-order valence-electron chi connectivity index (χ4n) is 2.96. The zero-order valence-corrected chi connectivity index (χ0v) is 16.3. The molecule has 3 rings (SSSR count). The molecule has 2 aromatic heterocycles. The topological polar surface area (TPSA) is 74.0 Å². The SMILES string of the molecule is CCc1nn(C)c(OC)c1CNc1cnn(Cc2ccccc2)c(=O)c1Cl. The van der Waals surface area contributed by atoms with E-state index in [9.17, 15) is 4.79 Å². The van der Waals surface area contributed by atoms with Crippen molar-refractivity contribution in [2.75, 3.05) is 12.4 Å². The van der Waals surface area contributed by atoms with E-state index in [4.69, 9.17) is 16.3 Å². The van der Waals surface area contributed by atoms with E-state index in [-0.39, 0.29) is 10.6 Å². The molecule has 7 nitrogen and oxygen atoms in total. The average Bonchev–Trinajstić information content (AvgIpc) is 3.00. The summed E-state index contributed by atoms with van der Waals surface area (Å²) in [6, 6.07) is 9.65. The third kappa shape index (κ3) is 3.98. The summed E-state index contributed by atoms with van der Waals surface area (Å²) in [5.74, 6) is 0.681. The number of rotatable bonds is 7. The fourth-order valence-corrected chi connectivity index (χ4v) is 3.18. The van der Waals surface area contributed by atoms with E-state index in [2.05, 4.69) is 15.5 Å². The maximum Gasteiger partial charge on any atom is 0.287 e. The first-order valence-corrected chi connectivity index (χ1v) is 9.05. The van der Waals surface area contributed by atoms with E-state index in [0.717, 1.165) is 23.2 Å². The Balaban J connectivity index is 1.81. The average molecular weight is 388 g/mol. The van der Waals surface area contributed by atoms with E-state index >= 15 is 0 Å². The Hall–Kier alpha value is -2.80.